The van der Waals surface area contributed by atoms with Gasteiger partial charge in [-0.3, -0.25) is 4.68 Å². The van der Waals surface area contributed by atoms with Crippen molar-refractivity contribution >= 4 is 21.6 Å². The molecule has 0 atom stereocenters. The molecular weight excluding hydrogens is 347 g/mol. The van der Waals surface area contributed by atoms with E-state index in [2.05, 4.69) is 26.3 Å². The monoisotopic (exact) mass is 361 g/mol. The van der Waals surface area contributed by atoms with E-state index in [0.717, 1.165) is 11.6 Å². The summed E-state index contributed by atoms with van der Waals surface area (Å²) in [6, 6.07) is 4.28. The molecule has 0 saturated heterocycles. The van der Waals surface area contributed by atoms with Crippen LogP contribution in [0.2, 0.25) is 0 Å². The van der Waals surface area contributed by atoms with Gasteiger partial charge in [0.15, 0.2) is 0 Å². The average molecular weight is 362 g/mol. The second kappa shape index (κ2) is 6.09. The molecule has 0 aliphatic heterocycles. The number of nitrogens with one attached hydrogen (secondary N) is 1. The Kier molecular flexibility index (Phi) is 4.61. The van der Waals surface area contributed by atoms with Gasteiger partial charge >= 0.3 is 6.18 Å². The number of nitrogens with zero attached hydrogens (tertiary/aromatic N) is 2. The Morgan fingerprint density at radius 2 is 2.05 bits per heavy atom. The number of alkyl halides is 3. The molecule has 0 fully saturated rings. The summed E-state index contributed by atoms with van der Waals surface area (Å²) in [4.78, 5) is 0. The Hall–Kier alpha value is -1.50. The molecule has 114 valence electrons. The van der Waals surface area contributed by atoms with Crippen molar-refractivity contribution in [1.29, 1.82) is 0 Å². The van der Waals surface area contributed by atoms with Crippen LogP contribution in [0.15, 0.2) is 35.1 Å². The van der Waals surface area contributed by atoms with Crippen LogP contribution in [0.5, 0.6) is 0 Å². The lowest BCUT2D eigenvalue weighted by molar-refractivity contribution is -0.137. The minimum Gasteiger partial charge on any atom is -0.380 e. The largest absolute Gasteiger partial charge is 0.418 e. The molecule has 0 aliphatic rings. The highest BCUT2D eigenvalue weighted by Crippen LogP contribution is 2.36. The van der Waals surface area contributed by atoms with Crippen molar-refractivity contribution in [2.75, 3.05) is 5.32 Å². The number of benzene rings is 1. The van der Waals surface area contributed by atoms with Crippen molar-refractivity contribution in [1.82, 2.24) is 9.78 Å². The Labute approximate surface area is 129 Å². The molecule has 2 aromatic rings. The summed E-state index contributed by atoms with van der Waals surface area (Å²) in [6.45, 7) is 4.26. The molecule has 2 rings (SSSR count). The van der Waals surface area contributed by atoms with Crippen LogP contribution in [0.4, 0.5) is 18.9 Å². The fourth-order valence-electron chi connectivity index (χ4n) is 1.85. The predicted octanol–water partition coefficient (Wildman–Crippen LogP) is 4.86. The van der Waals surface area contributed by atoms with Crippen molar-refractivity contribution in [2.45, 2.75) is 32.6 Å². The molecule has 0 bridgehead atoms. The molecule has 1 aromatic carbocycles. The molecule has 1 aromatic heterocycles. The lowest BCUT2D eigenvalue weighted by Gasteiger charge is -2.14. The van der Waals surface area contributed by atoms with Crippen molar-refractivity contribution in [3.8, 4) is 0 Å². The second-order valence-corrected chi connectivity index (χ2v) is 5.88. The number of halogens is 4. The van der Waals surface area contributed by atoms with Crippen LogP contribution in [0.1, 0.15) is 31.0 Å². The van der Waals surface area contributed by atoms with Crippen LogP contribution in [0, 0.1) is 0 Å². The van der Waals surface area contributed by atoms with Gasteiger partial charge in [0.2, 0.25) is 0 Å². The zero-order chi connectivity index (χ0) is 15.6. The third-order valence-corrected chi connectivity index (χ3v) is 3.45. The van der Waals surface area contributed by atoms with E-state index in [-0.39, 0.29) is 18.3 Å². The van der Waals surface area contributed by atoms with Gasteiger partial charge in [-0.25, -0.2) is 0 Å². The fraction of sp³-hybridized carbons (Fsp3) is 0.357. The van der Waals surface area contributed by atoms with Gasteiger partial charge in [0.25, 0.3) is 0 Å². The van der Waals surface area contributed by atoms with E-state index in [1.165, 1.54) is 6.07 Å². The maximum absolute atomic E-state index is 13.0. The van der Waals surface area contributed by atoms with E-state index >= 15 is 0 Å². The smallest absolute Gasteiger partial charge is 0.380 e. The minimum atomic E-state index is -4.39. The third-order valence-electron chi connectivity index (χ3n) is 2.95. The first-order valence-corrected chi connectivity index (χ1v) is 7.20. The van der Waals surface area contributed by atoms with Crippen LogP contribution in [-0.4, -0.2) is 9.78 Å². The first-order valence-electron chi connectivity index (χ1n) is 6.41. The van der Waals surface area contributed by atoms with Crippen LogP contribution >= 0.6 is 15.9 Å². The summed E-state index contributed by atoms with van der Waals surface area (Å²) in [5.41, 5.74) is 0.205. The predicted molar refractivity (Wildman–Crippen MR) is 79.1 cm³/mol. The number of hydrogen-bond donors (Lipinski definition) is 1. The van der Waals surface area contributed by atoms with E-state index in [9.17, 15) is 13.2 Å². The van der Waals surface area contributed by atoms with Gasteiger partial charge in [-0.15, -0.1) is 0 Å². The quantitative estimate of drug-likeness (QED) is 0.842. The Bertz CT molecular complexity index is 620. The molecule has 1 heterocycles. The highest BCUT2D eigenvalue weighted by atomic mass is 79.9. The molecule has 0 radical (unpaired) electrons. The molecule has 1 N–H and O–H groups in total. The molecule has 21 heavy (non-hydrogen) atoms. The maximum atomic E-state index is 13.0. The summed E-state index contributed by atoms with van der Waals surface area (Å²) < 4.78 is 41.1. The molecule has 3 nitrogen and oxygen atoms in total. The van der Waals surface area contributed by atoms with E-state index < -0.39 is 11.7 Å². The summed E-state index contributed by atoms with van der Waals surface area (Å²) in [6.07, 6.45) is -0.920. The van der Waals surface area contributed by atoms with E-state index in [1.807, 2.05) is 20.0 Å². The first-order chi connectivity index (χ1) is 9.77. The Balaban J connectivity index is 2.16. The zero-order valence-electron chi connectivity index (χ0n) is 11.6. The van der Waals surface area contributed by atoms with Crippen molar-refractivity contribution in [3.05, 3.63) is 46.2 Å². The average Bonchev–Trinajstić information content (AvgIpc) is 2.85. The van der Waals surface area contributed by atoms with E-state index in [4.69, 9.17) is 0 Å². The summed E-state index contributed by atoms with van der Waals surface area (Å²) in [5.74, 6) is 0. The molecule has 0 saturated carbocycles. The SMILES string of the molecule is CC(C)n1cc(CNc2ccc(Br)cc2C(F)(F)F)cn1. The van der Waals surface area contributed by atoms with Crippen LogP contribution in [0.3, 0.4) is 0 Å². The second-order valence-electron chi connectivity index (χ2n) is 4.96. The first kappa shape index (κ1) is 15.9. The molecule has 0 spiro atoms. The number of rotatable bonds is 4. The molecule has 0 amide bonds. The van der Waals surface area contributed by atoms with Crippen molar-refractivity contribution in [3.63, 3.8) is 0 Å². The van der Waals surface area contributed by atoms with Crippen molar-refractivity contribution < 1.29 is 13.2 Å². The van der Waals surface area contributed by atoms with E-state index in [1.54, 1.807) is 16.9 Å². The molecule has 0 unspecified atom stereocenters. The Morgan fingerprint density at radius 3 is 2.62 bits per heavy atom. The van der Waals surface area contributed by atoms with Gasteiger partial charge in [0.1, 0.15) is 0 Å². The highest BCUT2D eigenvalue weighted by molar-refractivity contribution is 9.10. The molecule has 0 aliphatic carbocycles. The lowest BCUT2D eigenvalue weighted by atomic mass is 10.1. The normalized spacial score (nSPS) is 12.0. The van der Waals surface area contributed by atoms with Gasteiger partial charge < -0.3 is 5.32 Å². The van der Waals surface area contributed by atoms with E-state index in [0.29, 0.717) is 4.47 Å². The van der Waals surface area contributed by atoms with Gasteiger partial charge in [-0.2, -0.15) is 18.3 Å². The zero-order valence-corrected chi connectivity index (χ0v) is 13.2. The summed E-state index contributed by atoms with van der Waals surface area (Å²) in [7, 11) is 0. The number of anilines is 1. The maximum Gasteiger partial charge on any atom is 0.418 e. The Morgan fingerprint density at radius 1 is 1.33 bits per heavy atom. The molecular formula is C14H15BrF3N3. The topological polar surface area (TPSA) is 29.9 Å². The van der Waals surface area contributed by atoms with Gasteiger partial charge in [-0.1, -0.05) is 15.9 Å². The van der Waals surface area contributed by atoms with Crippen LogP contribution < -0.4 is 5.32 Å². The fourth-order valence-corrected chi connectivity index (χ4v) is 2.21. The minimum absolute atomic E-state index is 0.0583. The summed E-state index contributed by atoms with van der Waals surface area (Å²) >= 11 is 3.06. The molecule has 7 heteroatoms. The number of hydrogen-bond acceptors (Lipinski definition) is 2. The van der Waals surface area contributed by atoms with Crippen LogP contribution in [-0.2, 0) is 12.7 Å². The lowest BCUT2D eigenvalue weighted by Crippen LogP contribution is -2.10. The highest BCUT2D eigenvalue weighted by Gasteiger charge is 2.33. The van der Waals surface area contributed by atoms with Crippen LogP contribution in [0.25, 0.3) is 0 Å². The standard InChI is InChI=1S/C14H15BrF3N3/c1-9(2)21-8-10(7-20-21)6-19-13-4-3-11(15)5-12(13)14(16,17)18/h3-5,7-9,19H,6H2,1-2H3. The van der Waals surface area contributed by atoms with Gasteiger partial charge in [0, 0.05) is 34.5 Å². The third kappa shape index (κ3) is 4.00. The van der Waals surface area contributed by atoms with Crippen molar-refractivity contribution in [2.24, 2.45) is 0 Å². The number of aromatic nitrogens is 2. The van der Waals surface area contributed by atoms with Gasteiger partial charge in [-0.05, 0) is 32.0 Å². The van der Waals surface area contributed by atoms with Gasteiger partial charge in [0.05, 0.1) is 11.8 Å². The summed E-state index contributed by atoms with van der Waals surface area (Å²) in [5, 5.41) is 6.98.